The zero-order valence-electron chi connectivity index (χ0n) is 19.0. The van der Waals surface area contributed by atoms with Crippen molar-refractivity contribution < 1.29 is 12.8 Å². The Balaban J connectivity index is 1.72. The second kappa shape index (κ2) is 8.72. The highest BCUT2D eigenvalue weighted by molar-refractivity contribution is 7.74. The molecule has 0 saturated heterocycles. The van der Waals surface area contributed by atoms with Gasteiger partial charge in [0, 0.05) is 24.2 Å². The van der Waals surface area contributed by atoms with Gasteiger partial charge in [0.25, 0.3) is 5.56 Å². The number of aryl methyl sites for hydroxylation is 2. The van der Waals surface area contributed by atoms with Crippen molar-refractivity contribution in [2.24, 2.45) is 7.05 Å². The third-order valence-electron chi connectivity index (χ3n) is 6.23. The van der Waals surface area contributed by atoms with Gasteiger partial charge in [-0.05, 0) is 38.0 Å². The molecule has 0 N–H and O–H groups in total. The van der Waals surface area contributed by atoms with Crippen molar-refractivity contribution in [1.82, 2.24) is 23.9 Å². The largest absolute Gasteiger partial charge is 0.332 e. The summed E-state index contributed by atoms with van der Waals surface area (Å²) in [7, 11) is -1.40. The van der Waals surface area contributed by atoms with E-state index in [-0.39, 0.29) is 24.2 Å². The number of hydrogen-bond acceptors (Lipinski definition) is 7. The van der Waals surface area contributed by atoms with Gasteiger partial charge < -0.3 is 0 Å². The zero-order valence-corrected chi connectivity index (χ0v) is 20.8. The molecule has 0 radical (unpaired) electrons. The maximum atomic E-state index is 13.8. The lowest BCUT2D eigenvalue weighted by Crippen LogP contribution is -2.41. The van der Waals surface area contributed by atoms with E-state index in [9.17, 15) is 22.4 Å². The summed E-state index contributed by atoms with van der Waals surface area (Å²) in [6.07, 6.45) is 4.09. The summed E-state index contributed by atoms with van der Waals surface area (Å²) in [5.41, 5.74) is -0.301. The zero-order chi connectivity index (χ0) is 24.9. The minimum atomic E-state index is -3.14. The molecule has 0 aliphatic heterocycles. The highest BCUT2D eigenvalue weighted by Crippen LogP contribution is 2.45. The normalized spacial score (nSPS) is 14.6. The highest BCUT2D eigenvalue weighted by Gasteiger charge is 2.50. The number of alkyl halides is 1. The van der Waals surface area contributed by atoms with Gasteiger partial charge in [-0.3, -0.25) is 22.9 Å². The molecule has 1 saturated carbocycles. The molecule has 1 aliphatic rings. The molecule has 184 valence electrons. The number of fused-ring (bicyclic) bond motifs is 1. The second-order valence-electron chi connectivity index (χ2n) is 8.75. The van der Waals surface area contributed by atoms with Crippen LogP contribution in [0.2, 0.25) is 0 Å². The molecule has 4 aromatic rings. The Morgan fingerprint density at radius 2 is 1.97 bits per heavy atom. The van der Waals surface area contributed by atoms with Gasteiger partial charge in [0.1, 0.15) is 6.67 Å². The number of thiol groups is 1. The molecular formula is C22H23FN6O4S2. The quantitative estimate of drug-likeness (QED) is 0.355. The molecule has 1 aliphatic carbocycles. The lowest BCUT2D eigenvalue weighted by molar-refractivity contribution is 0.417. The number of halogens is 1. The van der Waals surface area contributed by atoms with Crippen LogP contribution in [-0.4, -0.2) is 44.5 Å². The lowest BCUT2D eigenvalue weighted by Gasteiger charge is -2.26. The Bertz CT molecular complexity index is 1620. The van der Waals surface area contributed by atoms with Crippen molar-refractivity contribution in [2.45, 2.75) is 38.4 Å². The Morgan fingerprint density at radius 3 is 2.54 bits per heavy atom. The van der Waals surface area contributed by atoms with Crippen molar-refractivity contribution in [3.05, 3.63) is 73.1 Å². The predicted molar refractivity (Wildman–Crippen MR) is 131 cm³/mol. The van der Waals surface area contributed by atoms with Gasteiger partial charge in [-0.1, -0.05) is 0 Å². The van der Waals surface area contributed by atoms with Crippen molar-refractivity contribution in [2.75, 3.05) is 11.0 Å². The second-order valence-corrected chi connectivity index (χ2v) is 10.7. The lowest BCUT2D eigenvalue weighted by atomic mass is 10.2. The minimum Gasteiger partial charge on any atom is -0.287 e. The van der Waals surface area contributed by atoms with Crippen LogP contribution in [0.5, 0.6) is 0 Å². The molecule has 0 amide bonds. The maximum Gasteiger partial charge on any atom is 0.332 e. The fourth-order valence-corrected chi connectivity index (χ4v) is 5.82. The van der Waals surface area contributed by atoms with E-state index in [1.54, 1.807) is 30.2 Å². The van der Waals surface area contributed by atoms with Gasteiger partial charge in [0.05, 0.1) is 52.1 Å². The number of nitrogens with zero attached hydrogens (tertiary/aromatic N) is 6. The average molecular weight is 519 g/mol. The van der Waals surface area contributed by atoms with Crippen molar-refractivity contribution >= 4 is 38.8 Å². The van der Waals surface area contributed by atoms with Gasteiger partial charge in [-0.15, -0.1) is 11.3 Å². The van der Waals surface area contributed by atoms with Crippen molar-refractivity contribution in [1.29, 1.82) is 0 Å². The number of anilines is 1. The molecule has 1 aromatic carbocycles. The van der Waals surface area contributed by atoms with Gasteiger partial charge in [-0.2, -0.15) is 5.10 Å². The Kier molecular flexibility index (Phi) is 5.83. The van der Waals surface area contributed by atoms with Crippen LogP contribution in [0.1, 0.15) is 29.1 Å². The summed E-state index contributed by atoms with van der Waals surface area (Å²) in [4.78, 5) is 31.4. The molecule has 10 nitrogen and oxygen atoms in total. The molecule has 3 aromatic heterocycles. The van der Waals surface area contributed by atoms with Crippen LogP contribution < -0.4 is 15.6 Å². The number of thiazole rings is 1. The first-order valence-corrected chi connectivity index (χ1v) is 12.9. The summed E-state index contributed by atoms with van der Waals surface area (Å²) in [6.45, 7) is 1.18. The van der Waals surface area contributed by atoms with E-state index in [1.165, 1.54) is 28.0 Å². The summed E-state index contributed by atoms with van der Waals surface area (Å²) in [5, 5.41) is 6.96. The SMILES string of the molecule is Cc1nc(Cn2c(=O)n(Cc3cnn(C)c3)c(=O)c3cc(N([SH](=O)=O)C4(CF)CC4)ccc32)cs1. The first kappa shape index (κ1) is 23.4. The van der Waals surface area contributed by atoms with E-state index in [0.717, 1.165) is 13.9 Å². The molecule has 35 heavy (non-hydrogen) atoms. The first-order chi connectivity index (χ1) is 16.7. The molecule has 0 bridgehead atoms. The molecule has 1 fully saturated rings. The Hall–Kier alpha value is -3.32. The van der Waals surface area contributed by atoms with Crippen LogP contribution in [0.25, 0.3) is 10.9 Å². The first-order valence-electron chi connectivity index (χ1n) is 10.9. The van der Waals surface area contributed by atoms with Gasteiger partial charge >= 0.3 is 5.69 Å². The molecule has 0 atom stereocenters. The molecule has 3 heterocycles. The monoisotopic (exact) mass is 518 g/mol. The summed E-state index contributed by atoms with van der Waals surface area (Å²) in [6, 6.07) is 4.48. The fourth-order valence-electron chi connectivity index (χ4n) is 4.30. The van der Waals surface area contributed by atoms with E-state index in [2.05, 4.69) is 10.1 Å². The third kappa shape index (κ3) is 4.18. The number of aromatic nitrogens is 5. The van der Waals surface area contributed by atoms with Crippen molar-refractivity contribution in [3.8, 4) is 0 Å². The van der Waals surface area contributed by atoms with Gasteiger partial charge in [-0.25, -0.2) is 22.6 Å². The molecule has 0 unspecified atom stereocenters. The van der Waals surface area contributed by atoms with Crippen LogP contribution in [0, 0.1) is 6.92 Å². The Labute approximate surface area is 205 Å². The van der Waals surface area contributed by atoms with Crippen LogP contribution in [-0.2, 0) is 31.0 Å². The van der Waals surface area contributed by atoms with Crippen LogP contribution in [0.3, 0.4) is 0 Å². The summed E-state index contributed by atoms with van der Waals surface area (Å²) < 4.78 is 43.1. The van der Waals surface area contributed by atoms with Crippen LogP contribution in [0.15, 0.2) is 45.6 Å². The van der Waals surface area contributed by atoms with Gasteiger partial charge in [0.2, 0.25) is 10.9 Å². The average Bonchev–Trinajstić information content (AvgIpc) is 3.31. The molecular weight excluding hydrogens is 495 g/mol. The minimum absolute atomic E-state index is 0.00425. The topological polar surface area (TPSA) is 112 Å². The predicted octanol–water partition coefficient (Wildman–Crippen LogP) is 1.59. The third-order valence-corrected chi connectivity index (χ3v) is 8.03. The highest BCUT2D eigenvalue weighted by atomic mass is 32.2. The number of hydrogen-bond donors (Lipinski definition) is 1. The summed E-state index contributed by atoms with van der Waals surface area (Å²) >= 11 is 1.45. The van der Waals surface area contributed by atoms with E-state index >= 15 is 0 Å². The van der Waals surface area contributed by atoms with Crippen LogP contribution >= 0.6 is 11.3 Å². The van der Waals surface area contributed by atoms with Gasteiger partial charge in [0.15, 0.2) is 0 Å². The maximum absolute atomic E-state index is 13.8. The fraction of sp³-hybridized carbons (Fsp3) is 0.364. The van der Waals surface area contributed by atoms with E-state index in [4.69, 9.17) is 0 Å². The smallest absolute Gasteiger partial charge is 0.287 e. The van der Waals surface area contributed by atoms with Crippen LogP contribution in [0.4, 0.5) is 10.1 Å². The van der Waals surface area contributed by atoms with E-state index < -0.39 is 34.4 Å². The number of benzene rings is 1. The van der Waals surface area contributed by atoms with E-state index in [1.807, 2.05) is 12.3 Å². The molecule has 5 rings (SSSR count). The molecule has 13 heteroatoms. The van der Waals surface area contributed by atoms with Crippen molar-refractivity contribution in [3.63, 3.8) is 0 Å². The Morgan fingerprint density at radius 1 is 1.20 bits per heavy atom. The molecule has 0 spiro atoms. The number of rotatable bonds is 8. The summed E-state index contributed by atoms with van der Waals surface area (Å²) in [5.74, 6) is 0. The standard InChI is InChI=1S/C22H23FN6O4S2/c1-14-25-16(12-34-14)11-27-19-4-3-17(29(35(32)33)22(13-23)5-6-22)7-18(19)20(30)28(21(27)31)10-15-8-24-26(2)9-15/h3-4,7-9,12,35H,5-6,10-11,13H2,1-2H3. The van der Waals surface area contributed by atoms with E-state index in [0.29, 0.717) is 29.6 Å².